The predicted molar refractivity (Wildman–Crippen MR) is 80.4 cm³/mol. The minimum atomic E-state index is 0.100. The number of oxime groups is 1. The predicted octanol–water partition coefficient (Wildman–Crippen LogP) is 1.01. The van der Waals surface area contributed by atoms with Gasteiger partial charge in [0.25, 0.3) is 0 Å². The third-order valence-corrected chi connectivity index (χ3v) is 3.88. The molecule has 0 radical (unpaired) electrons. The lowest BCUT2D eigenvalue weighted by molar-refractivity contribution is 0.247. The van der Waals surface area contributed by atoms with Crippen LogP contribution >= 0.6 is 0 Å². The molecule has 6 heteroatoms. The van der Waals surface area contributed by atoms with E-state index in [0.29, 0.717) is 11.6 Å². The first kappa shape index (κ1) is 14.6. The van der Waals surface area contributed by atoms with Crippen molar-refractivity contribution in [2.75, 3.05) is 32.1 Å². The largest absolute Gasteiger partial charge is 0.409 e. The summed E-state index contributed by atoms with van der Waals surface area (Å²) in [6, 6.07) is 4.13. The zero-order valence-electron chi connectivity index (χ0n) is 12.4. The summed E-state index contributed by atoms with van der Waals surface area (Å²) in [7, 11) is 4.16. The van der Waals surface area contributed by atoms with Gasteiger partial charge in [0.2, 0.25) is 0 Å². The van der Waals surface area contributed by atoms with Crippen LogP contribution in [0.25, 0.3) is 0 Å². The minimum absolute atomic E-state index is 0.100. The van der Waals surface area contributed by atoms with E-state index in [1.54, 1.807) is 0 Å². The quantitative estimate of drug-likeness (QED) is 0.373. The van der Waals surface area contributed by atoms with Crippen LogP contribution < -0.4 is 10.6 Å². The zero-order chi connectivity index (χ0) is 14.7. The number of pyridine rings is 1. The molecule has 1 atom stereocenters. The molecular formula is C14H23N5O. The van der Waals surface area contributed by atoms with Crippen molar-refractivity contribution in [1.29, 1.82) is 0 Å². The lowest BCUT2D eigenvalue weighted by Gasteiger charge is -2.37. The number of piperidine rings is 1. The Morgan fingerprint density at radius 2 is 2.30 bits per heavy atom. The lowest BCUT2D eigenvalue weighted by atomic mass is 10.0. The van der Waals surface area contributed by atoms with Crippen molar-refractivity contribution in [3.63, 3.8) is 0 Å². The van der Waals surface area contributed by atoms with Crippen LogP contribution in [0.15, 0.2) is 17.3 Å². The van der Waals surface area contributed by atoms with Gasteiger partial charge in [-0.15, -0.1) is 0 Å². The van der Waals surface area contributed by atoms with Gasteiger partial charge in [0.15, 0.2) is 5.84 Å². The Balaban J connectivity index is 2.32. The molecule has 2 rings (SSSR count). The highest BCUT2D eigenvalue weighted by Crippen LogP contribution is 2.23. The van der Waals surface area contributed by atoms with Gasteiger partial charge >= 0.3 is 0 Å². The maximum Gasteiger partial charge on any atom is 0.173 e. The normalized spacial score (nSPS) is 20.9. The van der Waals surface area contributed by atoms with E-state index in [4.69, 9.17) is 10.9 Å². The van der Waals surface area contributed by atoms with E-state index in [0.717, 1.165) is 31.0 Å². The number of likely N-dealkylation sites (N-methyl/N-ethyl adjacent to an activating group) is 2. The summed E-state index contributed by atoms with van der Waals surface area (Å²) < 4.78 is 0. The third kappa shape index (κ3) is 3.01. The van der Waals surface area contributed by atoms with Crippen LogP contribution in [0.3, 0.4) is 0 Å². The molecule has 1 unspecified atom stereocenters. The smallest absolute Gasteiger partial charge is 0.173 e. The topological polar surface area (TPSA) is 78.0 Å². The third-order valence-electron chi connectivity index (χ3n) is 3.88. The molecule has 2 heterocycles. The van der Waals surface area contributed by atoms with E-state index in [1.165, 1.54) is 6.42 Å². The van der Waals surface area contributed by atoms with E-state index in [-0.39, 0.29) is 5.84 Å². The second-order valence-electron chi connectivity index (χ2n) is 5.48. The number of aryl methyl sites for hydroxylation is 1. The van der Waals surface area contributed by atoms with Gasteiger partial charge in [-0.05, 0) is 45.5 Å². The zero-order valence-corrected chi connectivity index (χ0v) is 12.4. The summed E-state index contributed by atoms with van der Waals surface area (Å²) >= 11 is 0. The summed E-state index contributed by atoms with van der Waals surface area (Å²) in [5.74, 6) is 0.879. The van der Waals surface area contributed by atoms with E-state index in [1.807, 2.05) is 26.1 Å². The summed E-state index contributed by atoms with van der Waals surface area (Å²) in [4.78, 5) is 9.05. The molecule has 1 fully saturated rings. The fourth-order valence-corrected chi connectivity index (χ4v) is 2.69. The average molecular weight is 277 g/mol. The Morgan fingerprint density at radius 1 is 1.55 bits per heavy atom. The van der Waals surface area contributed by atoms with Gasteiger partial charge < -0.3 is 20.7 Å². The van der Waals surface area contributed by atoms with Gasteiger partial charge in [0, 0.05) is 25.3 Å². The van der Waals surface area contributed by atoms with Crippen molar-refractivity contribution >= 4 is 11.7 Å². The van der Waals surface area contributed by atoms with Gasteiger partial charge in [-0.1, -0.05) is 5.16 Å². The first-order valence-corrected chi connectivity index (χ1v) is 6.90. The van der Waals surface area contributed by atoms with Crippen molar-refractivity contribution in [2.24, 2.45) is 10.9 Å². The number of nitrogens with two attached hydrogens (primary N) is 1. The molecule has 1 aromatic rings. The van der Waals surface area contributed by atoms with E-state index < -0.39 is 0 Å². The molecule has 3 N–H and O–H groups in total. The van der Waals surface area contributed by atoms with Gasteiger partial charge in [0.1, 0.15) is 5.82 Å². The van der Waals surface area contributed by atoms with Crippen LogP contribution in [0.2, 0.25) is 0 Å². The Morgan fingerprint density at radius 3 is 2.95 bits per heavy atom. The molecule has 1 aliphatic rings. The van der Waals surface area contributed by atoms with Gasteiger partial charge in [0.05, 0.1) is 5.56 Å². The van der Waals surface area contributed by atoms with Crippen LogP contribution in [-0.4, -0.2) is 54.2 Å². The van der Waals surface area contributed by atoms with Crippen LogP contribution in [0, 0.1) is 6.92 Å². The van der Waals surface area contributed by atoms with Crippen LogP contribution in [0.5, 0.6) is 0 Å². The Bertz CT molecular complexity index is 502. The van der Waals surface area contributed by atoms with Crippen molar-refractivity contribution in [2.45, 2.75) is 25.8 Å². The summed E-state index contributed by atoms with van der Waals surface area (Å²) in [6.45, 7) is 4.08. The molecular weight excluding hydrogens is 254 g/mol. The number of hydrogen-bond donors (Lipinski definition) is 2. The fourth-order valence-electron chi connectivity index (χ4n) is 2.69. The molecule has 0 bridgehead atoms. The van der Waals surface area contributed by atoms with Crippen molar-refractivity contribution in [3.8, 4) is 0 Å². The Hall–Kier alpha value is -1.82. The molecule has 1 saturated heterocycles. The molecule has 0 aromatic carbocycles. The highest BCUT2D eigenvalue weighted by Gasteiger charge is 2.24. The van der Waals surface area contributed by atoms with Gasteiger partial charge in [-0.25, -0.2) is 4.98 Å². The Kier molecular flexibility index (Phi) is 4.44. The lowest BCUT2D eigenvalue weighted by Crippen LogP contribution is -2.46. The molecule has 6 nitrogen and oxygen atoms in total. The summed E-state index contributed by atoms with van der Waals surface area (Å²) in [5, 5.41) is 12.0. The van der Waals surface area contributed by atoms with Crippen LogP contribution in [0.1, 0.15) is 24.1 Å². The SMILES string of the molecule is Cc1ccc(C(N)=NO)c(N(C)C2CCCN(C)C2)n1. The number of likely N-dealkylation sites (tertiary alicyclic amines) is 1. The molecule has 1 aromatic heterocycles. The summed E-state index contributed by atoms with van der Waals surface area (Å²) in [5.41, 5.74) is 7.36. The first-order chi connectivity index (χ1) is 9.52. The molecule has 110 valence electrons. The molecule has 0 aliphatic carbocycles. The number of nitrogens with zero attached hydrogens (tertiary/aromatic N) is 4. The average Bonchev–Trinajstić information content (AvgIpc) is 2.45. The maximum absolute atomic E-state index is 8.92. The molecule has 0 spiro atoms. The fraction of sp³-hybridized carbons (Fsp3) is 0.571. The minimum Gasteiger partial charge on any atom is -0.409 e. The molecule has 1 aliphatic heterocycles. The van der Waals surface area contributed by atoms with E-state index >= 15 is 0 Å². The Labute approximate surface area is 119 Å². The summed E-state index contributed by atoms with van der Waals surface area (Å²) in [6.07, 6.45) is 2.31. The van der Waals surface area contributed by atoms with Crippen molar-refractivity contribution in [3.05, 3.63) is 23.4 Å². The van der Waals surface area contributed by atoms with Crippen molar-refractivity contribution < 1.29 is 5.21 Å². The monoisotopic (exact) mass is 277 g/mol. The van der Waals surface area contributed by atoms with E-state index in [9.17, 15) is 0 Å². The van der Waals surface area contributed by atoms with Crippen molar-refractivity contribution in [1.82, 2.24) is 9.88 Å². The maximum atomic E-state index is 8.92. The number of rotatable bonds is 3. The first-order valence-electron chi connectivity index (χ1n) is 6.90. The second kappa shape index (κ2) is 6.09. The molecule has 20 heavy (non-hydrogen) atoms. The van der Waals surface area contributed by atoms with Gasteiger partial charge in [-0.3, -0.25) is 0 Å². The number of hydrogen-bond acceptors (Lipinski definition) is 5. The molecule has 0 amide bonds. The number of aromatic nitrogens is 1. The number of amidine groups is 1. The standard InChI is InChI=1S/C14H23N5O/c1-10-6-7-12(13(15)17-20)14(16-10)19(3)11-5-4-8-18(2)9-11/h6-7,11,20H,4-5,8-9H2,1-3H3,(H2,15,17). The molecule has 0 saturated carbocycles. The highest BCUT2D eigenvalue weighted by molar-refractivity contribution is 6.01. The van der Waals surface area contributed by atoms with Crippen LogP contribution in [-0.2, 0) is 0 Å². The van der Waals surface area contributed by atoms with E-state index in [2.05, 4.69) is 27.0 Å². The highest BCUT2D eigenvalue weighted by atomic mass is 16.4. The number of anilines is 1. The van der Waals surface area contributed by atoms with Gasteiger partial charge in [-0.2, -0.15) is 0 Å². The van der Waals surface area contributed by atoms with Crippen LogP contribution in [0.4, 0.5) is 5.82 Å². The second-order valence-corrected chi connectivity index (χ2v) is 5.48.